The molecular weight excluding hydrogens is 256 g/mol. The van der Waals surface area contributed by atoms with Crippen LogP contribution in [0.15, 0.2) is 35.2 Å². The Morgan fingerprint density at radius 2 is 1.76 bits per heavy atom. The molecule has 4 fully saturated rings. The van der Waals surface area contributed by atoms with Crippen molar-refractivity contribution in [3.63, 3.8) is 0 Å². The summed E-state index contributed by atoms with van der Waals surface area (Å²) < 4.78 is 25.2. The maximum atomic E-state index is 12.6. The molecule has 4 saturated carbocycles. The van der Waals surface area contributed by atoms with Crippen molar-refractivity contribution in [2.24, 2.45) is 23.7 Å². The minimum absolute atomic E-state index is 0.105. The Balaban J connectivity index is 1.78. The minimum atomic E-state index is -3.17. The molecule has 0 aliphatic heterocycles. The van der Waals surface area contributed by atoms with E-state index < -0.39 is 9.84 Å². The van der Waals surface area contributed by atoms with Gasteiger partial charge in [0.1, 0.15) is 0 Å². The molecule has 1 aromatic rings. The Labute approximate surface area is 106 Å². The Bertz CT molecular complexity index is 568. The van der Waals surface area contributed by atoms with Crippen molar-refractivity contribution in [2.45, 2.75) is 21.9 Å². The quantitative estimate of drug-likeness (QED) is 0.772. The first-order valence-corrected chi connectivity index (χ1v) is 8.03. The lowest BCUT2D eigenvalue weighted by molar-refractivity contribution is 0.544. The molecule has 0 saturated heterocycles. The van der Waals surface area contributed by atoms with Crippen LogP contribution >= 0.6 is 11.6 Å². The van der Waals surface area contributed by atoms with E-state index in [1.807, 2.05) is 6.07 Å². The van der Waals surface area contributed by atoms with Crippen molar-refractivity contribution < 1.29 is 8.42 Å². The zero-order chi connectivity index (χ0) is 11.8. The van der Waals surface area contributed by atoms with Gasteiger partial charge in [0, 0.05) is 5.38 Å². The Hall–Kier alpha value is -0.540. The summed E-state index contributed by atoms with van der Waals surface area (Å²) in [6.07, 6.45) is 1.03. The fourth-order valence-corrected chi connectivity index (χ4v) is 7.28. The molecule has 4 aliphatic rings. The van der Waals surface area contributed by atoms with Gasteiger partial charge < -0.3 is 0 Å². The van der Waals surface area contributed by atoms with E-state index >= 15 is 0 Å². The molecule has 0 radical (unpaired) electrons. The highest BCUT2D eigenvalue weighted by molar-refractivity contribution is 7.92. The summed E-state index contributed by atoms with van der Waals surface area (Å²) in [6.45, 7) is 0. The van der Waals surface area contributed by atoms with Crippen molar-refractivity contribution >= 4 is 21.4 Å². The zero-order valence-corrected chi connectivity index (χ0v) is 10.7. The van der Waals surface area contributed by atoms with Gasteiger partial charge in [0.05, 0.1) is 10.1 Å². The first-order valence-electron chi connectivity index (χ1n) is 6.05. The van der Waals surface area contributed by atoms with Gasteiger partial charge in [0.25, 0.3) is 0 Å². The monoisotopic (exact) mass is 268 g/mol. The molecule has 0 aromatic heterocycles. The van der Waals surface area contributed by atoms with Crippen LogP contribution in [0, 0.1) is 23.7 Å². The smallest absolute Gasteiger partial charge is 0.181 e. The highest BCUT2D eigenvalue weighted by Crippen LogP contribution is 2.73. The number of hydrogen-bond acceptors (Lipinski definition) is 2. The maximum Gasteiger partial charge on any atom is 0.181 e. The van der Waals surface area contributed by atoms with E-state index in [-0.39, 0.29) is 16.5 Å². The molecule has 90 valence electrons. The van der Waals surface area contributed by atoms with Gasteiger partial charge >= 0.3 is 0 Å². The summed E-state index contributed by atoms with van der Waals surface area (Å²) in [5.41, 5.74) is 0. The first-order chi connectivity index (χ1) is 8.12. The normalized spacial score (nSPS) is 46.2. The lowest BCUT2D eigenvalue weighted by atomic mass is 10.1. The second kappa shape index (κ2) is 3.07. The van der Waals surface area contributed by atoms with Gasteiger partial charge in [-0.15, -0.1) is 11.6 Å². The third-order valence-electron chi connectivity index (χ3n) is 4.84. The van der Waals surface area contributed by atoms with Gasteiger partial charge in [0.15, 0.2) is 9.84 Å². The van der Waals surface area contributed by atoms with Gasteiger partial charge in [-0.3, -0.25) is 0 Å². The molecule has 2 nitrogen and oxygen atoms in total. The molecule has 0 amide bonds. The van der Waals surface area contributed by atoms with Crippen LogP contribution in [-0.2, 0) is 9.84 Å². The number of rotatable bonds is 2. The fourth-order valence-electron chi connectivity index (χ4n) is 4.19. The zero-order valence-electron chi connectivity index (χ0n) is 9.16. The third kappa shape index (κ3) is 1.14. The largest absolute Gasteiger partial charge is 0.223 e. The predicted octanol–water partition coefficient (Wildman–Crippen LogP) is 2.33. The van der Waals surface area contributed by atoms with Crippen LogP contribution in [0.25, 0.3) is 0 Å². The number of hydrogen-bond donors (Lipinski definition) is 0. The molecule has 0 unspecified atom stereocenters. The van der Waals surface area contributed by atoms with Crippen LogP contribution in [0.1, 0.15) is 6.42 Å². The summed E-state index contributed by atoms with van der Waals surface area (Å²) in [5, 5.41) is -0.101. The van der Waals surface area contributed by atoms with E-state index in [4.69, 9.17) is 11.6 Å². The summed E-state index contributed by atoms with van der Waals surface area (Å²) in [5.74, 6) is 1.64. The molecule has 0 heterocycles. The van der Waals surface area contributed by atoms with E-state index in [1.165, 1.54) is 0 Å². The van der Waals surface area contributed by atoms with E-state index in [0.717, 1.165) is 6.42 Å². The molecule has 0 spiro atoms. The molecule has 5 rings (SSSR count). The Morgan fingerprint density at radius 1 is 1.06 bits per heavy atom. The van der Waals surface area contributed by atoms with Crippen molar-refractivity contribution in [3.05, 3.63) is 30.3 Å². The summed E-state index contributed by atoms with van der Waals surface area (Å²) in [4.78, 5) is 0.465. The van der Waals surface area contributed by atoms with Gasteiger partial charge in [0.2, 0.25) is 0 Å². The van der Waals surface area contributed by atoms with Crippen LogP contribution in [0.2, 0.25) is 0 Å². The summed E-state index contributed by atoms with van der Waals surface area (Å²) in [7, 11) is -3.17. The third-order valence-corrected chi connectivity index (χ3v) is 7.77. The molecule has 6 atom stereocenters. The summed E-state index contributed by atoms with van der Waals surface area (Å²) >= 11 is 6.32. The lowest BCUT2D eigenvalue weighted by Gasteiger charge is -2.17. The Morgan fingerprint density at radius 3 is 2.24 bits per heavy atom. The number of alkyl halides is 1. The van der Waals surface area contributed by atoms with Crippen LogP contribution in [-0.4, -0.2) is 19.0 Å². The SMILES string of the molecule is O=S(=O)(c1ccccc1)[C@H]1[C@@H]2C[C@H]3[C@@H]([C@@H]2Cl)[C@@H]31. The van der Waals surface area contributed by atoms with E-state index in [0.29, 0.717) is 22.6 Å². The molecule has 4 bridgehead atoms. The number of sulfone groups is 1. The topological polar surface area (TPSA) is 34.1 Å². The van der Waals surface area contributed by atoms with Crippen LogP contribution in [0.4, 0.5) is 0 Å². The van der Waals surface area contributed by atoms with Gasteiger partial charge in [-0.05, 0) is 42.2 Å². The van der Waals surface area contributed by atoms with E-state index in [9.17, 15) is 8.42 Å². The average Bonchev–Trinajstić information content (AvgIpc) is 2.64. The van der Waals surface area contributed by atoms with Crippen LogP contribution < -0.4 is 0 Å². The second-order valence-corrected chi connectivity index (χ2v) is 8.09. The van der Waals surface area contributed by atoms with Crippen LogP contribution in [0.5, 0.6) is 0 Å². The highest BCUT2D eigenvalue weighted by Gasteiger charge is 2.76. The van der Waals surface area contributed by atoms with Gasteiger partial charge in [-0.1, -0.05) is 18.2 Å². The fraction of sp³-hybridized carbons (Fsp3) is 0.538. The lowest BCUT2D eigenvalue weighted by Crippen LogP contribution is -2.27. The van der Waals surface area contributed by atoms with Crippen molar-refractivity contribution in [2.75, 3.05) is 0 Å². The predicted molar refractivity (Wildman–Crippen MR) is 65.6 cm³/mol. The first kappa shape index (κ1) is 10.4. The average molecular weight is 269 g/mol. The minimum Gasteiger partial charge on any atom is -0.223 e. The van der Waals surface area contributed by atoms with Crippen molar-refractivity contribution in [1.82, 2.24) is 0 Å². The molecular formula is C13H13ClO2S. The number of halogens is 1. The van der Waals surface area contributed by atoms with E-state index in [1.54, 1.807) is 24.3 Å². The second-order valence-electron chi connectivity index (χ2n) is 5.49. The van der Waals surface area contributed by atoms with Crippen molar-refractivity contribution in [1.29, 1.82) is 0 Å². The molecule has 0 N–H and O–H groups in total. The highest BCUT2D eigenvalue weighted by atomic mass is 35.5. The molecule has 4 aliphatic carbocycles. The standard InChI is InChI=1S/C13H13ClO2S/c14-12-9-6-8-10(12)11(8)13(9)17(15,16)7-4-2-1-3-5-7/h1-5,8-13H,6H2/t8-,9+,10+,11+,12+,13-/m0/s1. The molecule has 4 heteroatoms. The summed E-state index contributed by atoms with van der Waals surface area (Å²) in [6, 6.07) is 8.82. The molecule has 17 heavy (non-hydrogen) atoms. The number of benzene rings is 1. The van der Waals surface area contributed by atoms with Crippen LogP contribution in [0.3, 0.4) is 0 Å². The van der Waals surface area contributed by atoms with Crippen molar-refractivity contribution in [3.8, 4) is 0 Å². The van der Waals surface area contributed by atoms with Gasteiger partial charge in [-0.2, -0.15) is 0 Å². The van der Waals surface area contributed by atoms with Gasteiger partial charge in [-0.25, -0.2) is 8.42 Å². The maximum absolute atomic E-state index is 12.6. The molecule has 1 aromatic carbocycles. The Kier molecular flexibility index (Phi) is 1.87. The van der Waals surface area contributed by atoms with E-state index in [2.05, 4.69) is 0 Å².